The monoisotopic (exact) mass is 310 g/mol. The van der Waals surface area contributed by atoms with Crippen molar-refractivity contribution in [3.63, 3.8) is 0 Å². The zero-order valence-corrected chi connectivity index (χ0v) is 12.3. The Morgan fingerprint density at radius 1 is 1.35 bits per heavy atom. The van der Waals surface area contributed by atoms with Crippen LogP contribution in [0.15, 0.2) is 54.9 Å². The van der Waals surface area contributed by atoms with Crippen LogP contribution in [0.3, 0.4) is 0 Å². The highest BCUT2D eigenvalue weighted by atomic mass is 16.6. The Morgan fingerprint density at radius 3 is 2.91 bits per heavy atom. The fraction of sp³-hybridized carbons (Fsp3) is 0.118. The number of hydrogen-bond donors (Lipinski definition) is 1. The summed E-state index contributed by atoms with van der Waals surface area (Å²) in [6.07, 6.45) is 1.39. The summed E-state index contributed by atoms with van der Waals surface area (Å²) in [6, 6.07) is 10.8. The van der Waals surface area contributed by atoms with E-state index in [-0.39, 0.29) is 11.4 Å². The van der Waals surface area contributed by atoms with Gasteiger partial charge < -0.3 is 9.72 Å². The van der Waals surface area contributed by atoms with Crippen LogP contribution in [0.1, 0.15) is 14.0 Å². The molecular formula is C17H15N3O3. The van der Waals surface area contributed by atoms with Gasteiger partial charge in [0, 0.05) is 44.9 Å². The van der Waals surface area contributed by atoms with Crippen LogP contribution in [0.25, 0.3) is 11.3 Å². The summed E-state index contributed by atoms with van der Waals surface area (Å²) < 4.78 is 22.0. The van der Waals surface area contributed by atoms with Crippen LogP contribution in [-0.4, -0.2) is 22.0 Å². The molecule has 0 aliphatic carbocycles. The van der Waals surface area contributed by atoms with Crippen molar-refractivity contribution in [2.24, 2.45) is 0 Å². The molecule has 6 heteroatoms. The van der Waals surface area contributed by atoms with E-state index < -0.39 is 11.3 Å². The number of non-ortho nitro benzene ring substituents is 1. The summed E-state index contributed by atoms with van der Waals surface area (Å²) in [5.41, 5.74) is 1.39. The first-order valence-electron chi connectivity index (χ1n) is 7.87. The summed E-state index contributed by atoms with van der Waals surface area (Å²) in [7, 11) is 1.47. The number of aromatic amines is 1. The molecule has 0 atom stereocenters. The minimum atomic E-state index is -1.82. The highest BCUT2D eigenvalue weighted by molar-refractivity contribution is 5.68. The second-order valence-corrected chi connectivity index (χ2v) is 4.78. The third kappa shape index (κ3) is 3.21. The molecule has 3 aromatic rings. The fourth-order valence-electron chi connectivity index (χ4n) is 2.20. The highest BCUT2D eigenvalue weighted by Gasteiger charge is 2.13. The normalized spacial score (nSPS) is 12.4. The quantitative estimate of drug-likeness (QED) is 0.577. The molecule has 2 heterocycles. The minimum absolute atomic E-state index is 0.0691. The summed E-state index contributed by atoms with van der Waals surface area (Å²) >= 11 is 0. The van der Waals surface area contributed by atoms with E-state index in [1.165, 1.54) is 19.2 Å². The second-order valence-electron chi connectivity index (χ2n) is 4.78. The third-order valence-corrected chi connectivity index (χ3v) is 3.28. The fourth-order valence-corrected chi connectivity index (χ4v) is 2.20. The number of ether oxygens (including phenoxy) is 1. The molecule has 0 aliphatic heterocycles. The molecule has 0 saturated heterocycles. The number of nitrogens with zero attached hydrogens (tertiary/aromatic N) is 2. The number of pyridine rings is 1. The van der Waals surface area contributed by atoms with Gasteiger partial charge in [-0.15, -0.1) is 0 Å². The van der Waals surface area contributed by atoms with Crippen molar-refractivity contribution in [3.05, 3.63) is 76.2 Å². The van der Waals surface area contributed by atoms with Gasteiger partial charge in [0.25, 0.3) is 5.69 Å². The zero-order chi connectivity index (χ0) is 18.0. The van der Waals surface area contributed by atoms with Crippen LogP contribution in [0.2, 0.25) is 0 Å². The predicted molar refractivity (Wildman–Crippen MR) is 86.5 cm³/mol. The summed E-state index contributed by atoms with van der Waals surface area (Å²) in [5, 5.41) is 11.0. The lowest BCUT2D eigenvalue weighted by Crippen LogP contribution is -1.97. The number of nitrogens with one attached hydrogen (secondary N) is 1. The zero-order valence-electron chi connectivity index (χ0n) is 14.3. The average molecular weight is 310 g/mol. The van der Waals surface area contributed by atoms with Gasteiger partial charge in [-0.05, 0) is 23.8 Å². The molecule has 0 amide bonds. The van der Waals surface area contributed by atoms with Crippen molar-refractivity contribution >= 4 is 5.69 Å². The van der Waals surface area contributed by atoms with Crippen LogP contribution in [-0.2, 0) is 6.37 Å². The van der Waals surface area contributed by atoms with Gasteiger partial charge in [0.2, 0.25) is 0 Å². The Kier molecular flexibility index (Phi) is 3.40. The van der Waals surface area contributed by atoms with E-state index in [4.69, 9.17) is 7.48 Å². The maximum atomic E-state index is 11.0. The van der Waals surface area contributed by atoms with Gasteiger partial charge in [0.1, 0.15) is 11.4 Å². The molecule has 1 aromatic carbocycles. The van der Waals surface area contributed by atoms with Gasteiger partial charge >= 0.3 is 0 Å². The van der Waals surface area contributed by atoms with E-state index in [9.17, 15) is 10.1 Å². The van der Waals surface area contributed by atoms with Gasteiger partial charge in [0.05, 0.1) is 12.0 Å². The van der Waals surface area contributed by atoms with E-state index in [1.807, 2.05) is 0 Å². The number of benzene rings is 1. The molecular weight excluding hydrogens is 293 g/mol. The topological polar surface area (TPSA) is 81.0 Å². The molecule has 0 bridgehead atoms. The first kappa shape index (κ1) is 12.4. The van der Waals surface area contributed by atoms with E-state index >= 15 is 0 Å². The summed E-state index contributed by atoms with van der Waals surface area (Å²) in [6.45, 7) is 0. The van der Waals surface area contributed by atoms with E-state index in [0.717, 1.165) is 0 Å². The van der Waals surface area contributed by atoms with Crippen LogP contribution >= 0.6 is 0 Å². The van der Waals surface area contributed by atoms with Crippen molar-refractivity contribution in [2.75, 3.05) is 7.11 Å². The maximum absolute atomic E-state index is 11.0. The minimum Gasteiger partial charge on any atom is -0.494 e. The SMILES string of the molecule is [2H]C([2H])(c1cc[nH]c1)c1ccc(O[11CH3])c(-c2cccc([N+](=O)[O-])c2)n1. The van der Waals surface area contributed by atoms with Gasteiger partial charge in [-0.1, -0.05) is 12.1 Å². The largest absolute Gasteiger partial charge is 0.494 e. The van der Waals surface area contributed by atoms with Crippen LogP contribution in [0, 0.1) is 10.1 Å². The lowest BCUT2D eigenvalue weighted by Gasteiger charge is -2.10. The molecule has 0 radical (unpaired) electrons. The molecule has 23 heavy (non-hydrogen) atoms. The molecule has 0 aliphatic rings. The second kappa shape index (κ2) is 6.31. The Balaban J connectivity index is 2.13. The molecule has 0 saturated carbocycles. The van der Waals surface area contributed by atoms with Gasteiger partial charge in [-0.3, -0.25) is 10.1 Å². The first-order chi connectivity index (χ1) is 11.9. The molecule has 3 rings (SSSR count). The lowest BCUT2D eigenvalue weighted by atomic mass is 10.1. The highest BCUT2D eigenvalue weighted by Crippen LogP contribution is 2.30. The van der Waals surface area contributed by atoms with Crippen molar-refractivity contribution in [2.45, 2.75) is 6.37 Å². The standard InChI is InChI=1S/C17H15N3O3/c1-23-16-6-5-14(9-12-7-8-18-11-12)19-17(16)13-3-2-4-15(10-13)20(21)22/h2-8,10-11,18H,9H2,1H3/i1-1,9D2. The smallest absolute Gasteiger partial charge is 0.270 e. The molecule has 116 valence electrons. The number of aromatic nitrogens is 2. The van der Waals surface area contributed by atoms with Crippen LogP contribution < -0.4 is 4.74 Å². The first-order valence-corrected chi connectivity index (χ1v) is 6.87. The number of nitro benzene ring substituents is 1. The van der Waals surface area contributed by atoms with Gasteiger partial charge in [-0.2, -0.15) is 0 Å². The molecule has 0 fully saturated rings. The molecule has 6 nitrogen and oxygen atoms in total. The van der Waals surface area contributed by atoms with Crippen LogP contribution in [0.4, 0.5) is 5.69 Å². The number of nitro groups is 1. The Labute approximate surface area is 135 Å². The summed E-state index contributed by atoms with van der Waals surface area (Å²) in [5.74, 6) is 0.411. The van der Waals surface area contributed by atoms with Crippen molar-refractivity contribution in [3.8, 4) is 17.0 Å². The number of rotatable bonds is 5. The number of H-pyrrole nitrogens is 1. The molecule has 0 spiro atoms. The Hall–Kier alpha value is -3.15. The Morgan fingerprint density at radius 2 is 2.22 bits per heavy atom. The maximum Gasteiger partial charge on any atom is 0.270 e. The van der Waals surface area contributed by atoms with E-state index in [1.54, 1.807) is 42.7 Å². The van der Waals surface area contributed by atoms with Crippen LogP contribution in [0.5, 0.6) is 5.75 Å². The average Bonchev–Trinajstić information content (AvgIpc) is 3.16. The lowest BCUT2D eigenvalue weighted by molar-refractivity contribution is -0.384. The third-order valence-electron chi connectivity index (χ3n) is 3.28. The van der Waals surface area contributed by atoms with Gasteiger partial charge in [-0.25, -0.2) is 4.98 Å². The molecule has 2 aromatic heterocycles. The van der Waals surface area contributed by atoms with Gasteiger partial charge in [0.15, 0.2) is 0 Å². The van der Waals surface area contributed by atoms with E-state index in [2.05, 4.69) is 9.97 Å². The van der Waals surface area contributed by atoms with Crippen molar-refractivity contribution in [1.29, 1.82) is 0 Å². The Bertz CT molecular complexity index is 911. The van der Waals surface area contributed by atoms with Crippen molar-refractivity contribution in [1.82, 2.24) is 9.97 Å². The predicted octanol–water partition coefficient (Wildman–Crippen LogP) is 3.58. The summed E-state index contributed by atoms with van der Waals surface area (Å²) in [4.78, 5) is 17.8. The van der Waals surface area contributed by atoms with E-state index in [0.29, 0.717) is 22.6 Å². The van der Waals surface area contributed by atoms with Crippen molar-refractivity contribution < 1.29 is 12.4 Å². The number of methoxy groups -OCH3 is 1. The molecule has 0 unspecified atom stereocenters. The number of hydrogen-bond acceptors (Lipinski definition) is 4. The molecule has 1 N–H and O–H groups in total.